The number of aryl methyl sites for hydroxylation is 2. The first kappa shape index (κ1) is 13.5. The fourth-order valence-electron chi connectivity index (χ4n) is 1.79. The Morgan fingerprint density at radius 1 is 1.30 bits per heavy atom. The van der Waals surface area contributed by atoms with Gasteiger partial charge in [0.05, 0.1) is 5.56 Å². The van der Waals surface area contributed by atoms with Gasteiger partial charge < -0.3 is 10.4 Å². The third kappa shape index (κ3) is 2.90. The van der Waals surface area contributed by atoms with E-state index in [4.69, 9.17) is 10.4 Å². The van der Waals surface area contributed by atoms with Crippen molar-refractivity contribution in [3.63, 3.8) is 0 Å². The Morgan fingerprint density at radius 2 is 2.05 bits per heavy atom. The molecule has 0 unspecified atom stereocenters. The number of aromatic nitrogens is 2. The summed E-state index contributed by atoms with van der Waals surface area (Å²) in [7, 11) is 0. The van der Waals surface area contributed by atoms with Gasteiger partial charge in [-0.05, 0) is 43.7 Å². The molecule has 0 aliphatic heterocycles. The molecule has 20 heavy (non-hydrogen) atoms. The minimum Gasteiger partial charge on any atom is -0.478 e. The highest BCUT2D eigenvalue weighted by Crippen LogP contribution is 2.18. The van der Waals surface area contributed by atoms with Crippen LogP contribution in [0.3, 0.4) is 0 Å². The van der Waals surface area contributed by atoms with E-state index in [-0.39, 0.29) is 11.3 Å². The lowest BCUT2D eigenvalue weighted by atomic mass is 10.1. The van der Waals surface area contributed by atoms with Crippen LogP contribution in [0, 0.1) is 25.2 Å². The van der Waals surface area contributed by atoms with Crippen molar-refractivity contribution < 1.29 is 9.90 Å². The number of carboxylic acids is 1. The van der Waals surface area contributed by atoms with Gasteiger partial charge in [0.1, 0.15) is 11.8 Å². The Bertz CT molecular complexity index is 720. The molecule has 2 rings (SSSR count). The van der Waals surface area contributed by atoms with Crippen LogP contribution < -0.4 is 5.32 Å². The summed E-state index contributed by atoms with van der Waals surface area (Å²) in [6, 6.07) is 8.39. The molecule has 0 bridgehead atoms. The number of benzene rings is 1. The Kier molecular flexibility index (Phi) is 3.62. The molecule has 2 N–H and O–H groups in total. The summed E-state index contributed by atoms with van der Waals surface area (Å²) < 4.78 is 0. The molecule has 100 valence electrons. The van der Waals surface area contributed by atoms with Crippen molar-refractivity contribution in [1.29, 1.82) is 5.26 Å². The van der Waals surface area contributed by atoms with Gasteiger partial charge in [0.2, 0.25) is 5.95 Å². The summed E-state index contributed by atoms with van der Waals surface area (Å²) in [5.41, 5.74) is 2.51. The van der Waals surface area contributed by atoms with Crippen LogP contribution in [-0.4, -0.2) is 21.0 Å². The number of rotatable bonds is 3. The van der Waals surface area contributed by atoms with Crippen molar-refractivity contribution in [2.45, 2.75) is 13.8 Å². The van der Waals surface area contributed by atoms with Crippen LogP contribution in [0.15, 0.2) is 24.3 Å². The minimum atomic E-state index is -0.965. The molecule has 0 amide bonds. The van der Waals surface area contributed by atoms with E-state index in [1.807, 2.05) is 6.07 Å². The number of carbonyl (C=O) groups is 1. The van der Waals surface area contributed by atoms with E-state index in [0.717, 1.165) is 0 Å². The van der Waals surface area contributed by atoms with Gasteiger partial charge in [0.15, 0.2) is 0 Å². The van der Waals surface area contributed by atoms with E-state index in [2.05, 4.69) is 15.3 Å². The largest absolute Gasteiger partial charge is 0.478 e. The predicted octanol–water partition coefficient (Wildman–Crippen LogP) is 2.41. The van der Waals surface area contributed by atoms with E-state index in [9.17, 15) is 4.79 Å². The maximum Gasteiger partial charge on any atom is 0.335 e. The molecule has 0 aliphatic carbocycles. The van der Waals surface area contributed by atoms with Crippen molar-refractivity contribution >= 4 is 17.6 Å². The molecule has 0 spiro atoms. The van der Waals surface area contributed by atoms with Crippen LogP contribution in [0.2, 0.25) is 0 Å². The molecule has 1 heterocycles. The fourth-order valence-corrected chi connectivity index (χ4v) is 1.79. The van der Waals surface area contributed by atoms with E-state index < -0.39 is 5.97 Å². The first-order valence-electron chi connectivity index (χ1n) is 5.86. The lowest BCUT2D eigenvalue weighted by molar-refractivity contribution is 0.0696. The number of anilines is 2. The standard InChI is InChI=1S/C14H12N4O2/c1-8-5-10(3-4-12(8)13(19)20)17-14-16-9(2)6-11(7-15)18-14/h3-6H,1-2H3,(H,19,20)(H,16,17,18). The predicted molar refractivity (Wildman–Crippen MR) is 72.9 cm³/mol. The number of hydrogen-bond donors (Lipinski definition) is 2. The molecule has 0 radical (unpaired) electrons. The monoisotopic (exact) mass is 268 g/mol. The van der Waals surface area contributed by atoms with Crippen LogP contribution in [-0.2, 0) is 0 Å². The van der Waals surface area contributed by atoms with Gasteiger partial charge >= 0.3 is 5.97 Å². The van der Waals surface area contributed by atoms with Crippen LogP contribution in [0.4, 0.5) is 11.6 Å². The lowest BCUT2D eigenvalue weighted by Crippen LogP contribution is -2.03. The minimum absolute atomic E-state index is 0.249. The lowest BCUT2D eigenvalue weighted by Gasteiger charge is -2.08. The number of nitriles is 1. The molecular weight excluding hydrogens is 256 g/mol. The van der Waals surface area contributed by atoms with Gasteiger partial charge in [-0.1, -0.05) is 0 Å². The number of hydrogen-bond acceptors (Lipinski definition) is 5. The third-order valence-electron chi connectivity index (χ3n) is 2.68. The molecule has 2 aromatic rings. The summed E-state index contributed by atoms with van der Waals surface area (Å²) in [5.74, 6) is -0.656. The second kappa shape index (κ2) is 5.36. The highest BCUT2D eigenvalue weighted by atomic mass is 16.4. The van der Waals surface area contributed by atoms with Crippen LogP contribution >= 0.6 is 0 Å². The molecule has 0 aliphatic rings. The SMILES string of the molecule is Cc1cc(C#N)nc(Nc2ccc(C(=O)O)c(C)c2)n1. The zero-order valence-corrected chi connectivity index (χ0v) is 11.0. The molecule has 0 atom stereocenters. The molecule has 0 saturated heterocycles. The molecule has 0 fully saturated rings. The summed E-state index contributed by atoms with van der Waals surface area (Å²) in [6.07, 6.45) is 0. The van der Waals surface area contributed by atoms with Crippen molar-refractivity contribution in [3.8, 4) is 6.07 Å². The zero-order valence-electron chi connectivity index (χ0n) is 11.0. The van der Waals surface area contributed by atoms with Crippen LogP contribution in [0.5, 0.6) is 0 Å². The van der Waals surface area contributed by atoms with E-state index in [0.29, 0.717) is 22.9 Å². The summed E-state index contributed by atoms with van der Waals surface area (Å²) in [6.45, 7) is 3.49. The Balaban J connectivity index is 2.31. The normalized spacial score (nSPS) is 9.85. The van der Waals surface area contributed by atoms with Crippen molar-refractivity contribution in [3.05, 3.63) is 46.8 Å². The van der Waals surface area contributed by atoms with Gasteiger partial charge in [-0.15, -0.1) is 0 Å². The van der Waals surface area contributed by atoms with Crippen molar-refractivity contribution in [2.24, 2.45) is 0 Å². The molecule has 0 saturated carbocycles. The topological polar surface area (TPSA) is 98.9 Å². The van der Waals surface area contributed by atoms with E-state index in [1.54, 1.807) is 32.0 Å². The Morgan fingerprint density at radius 3 is 2.65 bits per heavy atom. The highest BCUT2D eigenvalue weighted by molar-refractivity contribution is 5.90. The summed E-state index contributed by atoms with van der Waals surface area (Å²) >= 11 is 0. The quantitative estimate of drug-likeness (QED) is 0.886. The van der Waals surface area contributed by atoms with Gasteiger partial charge in [-0.3, -0.25) is 0 Å². The van der Waals surface area contributed by atoms with Gasteiger partial charge in [0, 0.05) is 11.4 Å². The van der Waals surface area contributed by atoms with Crippen molar-refractivity contribution in [2.75, 3.05) is 5.32 Å². The average Bonchev–Trinajstić information content (AvgIpc) is 2.37. The second-order valence-electron chi connectivity index (χ2n) is 4.29. The molecule has 1 aromatic carbocycles. The highest BCUT2D eigenvalue weighted by Gasteiger charge is 2.08. The first-order valence-corrected chi connectivity index (χ1v) is 5.86. The Hall–Kier alpha value is -2.94. The number of nitrogens with one attached hydrogen (secondary N) is 1. The Labute approximate surface area is 115 Å². The third-order valence-corrected chi connectivity index (χ3v) is 2.68. The molecule has 6 nitrogen and oxygen atoms in total. The maximum atomic E-state index is 10.9. The molecule has 1 aromatic heterocycles. The molecule has 6 heteroatoms. The number of aromatic carboxylic acids is 1. The number of carboxylic acid groups (broad SMARTS) is 1. The van der Waals surface area contributed by atoms with Crippen molar-refractivity contribution in [1.82, 2.24) is 9.97 Å². The van der Waals surface area contributed by atoms with Crippen LogP contribution in [0.25, 0.3) is 0 Å². The van der Waals surface area contributed by atoms with Gasteiger partial charge in [-0.2, -0.15) is 5.26 Å². The molecular formula is C14H12N4O2. The first-order chi connectivity index (χ1) is 9.49. The zero-order chi connectivity index (χ0) is 14.7. The smallest absolute Gasteiger partial charge is 0.335 e. The van der Waals surface area contributed by atoms with Crippen LogP contribution in [0.1, 0.15) is 27.3 Å². The summed E-state index contributed by atoms with van der Waals surface area (Å²) in [5, 5.41) is 20.8. The van der Waals surface area contributed by atoms with E-state index in [1.165, 1.54) is 6.07 Å². The number of nitrogens with zero attached hydrogens (tertiary/aromatic N) is 3. The second-order valence-corrected chi connectivity index (χ2v) is 4.29. The fraction of sp³-hybridized carbons (Fsp3) is 0.143. The van der Waals surface area contributed by atoms with Gasteiger partial charge in [0.25, 0.3) is 0 Å². The maximum absolute atomic E-state index is 10.9. The van der Waals surface area contributed by atoms with Gasteiger partial charge in [-0.25, -0.2) is 14.8 Å². The average molecular weight is 268 g/mol. The van der Waals surface area contributed by atoms with E-state index >= 15 is 0 Å². The summed E-state index contributed by atoms with van der Waals surface area (Å²) in [4.78, 5) is 19.1.